The Bertz CT molecular complexity index is 665. The number of carbonyl (C=O) groups excluding carboxylic acids is 1. The molecule has 0 fully saturated rings. The summed E-state index contributed by atoms with van der Waals surface area (Å²) in [7, 11) is 1.62. The molecule has 128 valence electrons. The molecular formula is C20H25NO3. The van der Waals surface area contributed by atoms with Gasteiger partial charge in [-0.05, 0) is 37.1 Å². The Morgan fingerprint density at radius 2 is 1.88 bits per heavy atom. The van der Waals surface area contributed by atoms with Crippen LogP contribution in [0.5, 0.6) is 5.75 Å². The van der Waals surface area contributed by atoms with Gasteiger partial charge in [-0.15, -0.1) is 0 Å². The minimum atomic E-state index is -0.102. The number of amides is 1. The molecule has 0 saturated heterocycles. The molecule has 0 unspecified atom stereocenters. The smallest absolute Gasteiger partial charge is 0.251 e. The van der Waals surface area contributed by atoms with E-state index >= 15 is 0 Å². The summed E-state index contributed by atoms with van der Waals surface area (Å²) < 4.78 is 10.9. The largest absolute Gasteiger partial charge is 0.496 e. The molecular weight excluding hydrogens is 302 g/mol. The number of nitrogens with one attached hydrogen (secondary N) is 1. The van der Waals surface area contributed by atoms with Gasteiger partial charge in [0.15, 0.2) is 0 Å². The third-order valence-corrected chi connectivity index (χ3v) is 3.72. The molecule has 0 aliphatic heterocycles. The van der Waals surface area contributed by atoms with Crippen LogP contribution in [-0.4, -0.2) is 19.6 Å². The highest BCUT2D eigenvalue weighted by atomic mass is 16.5. The Morgan fingerprint density at radius 3 is 2.54 bits per heavy atom. The second-order valence-corrected chi connectivity index (χ2v) is 5.75. The first-order valence-electron chi connectivity index (χ1n) is 8.22. The minimum absolute atomic E-state index is 0.102. The number of rotatable bonds is 8. The Morgan fingerprint density at radius 1 is 1.12 bits per heavy atom. The van der Waals surface area contributed by atoms with Crippen molar-refractivity contribution in [1.82, 2.24) is 5.32 Å². The van der Waals surface area contributed by atoms with Crippen molar-refractivity contribution in [2.75, 3.05) is 13.7 Å². The number of hydrogen-bond donors (Lipinski definition) is 1. The standard InChI is InChI=1S/C20H25NO3/c1-4-11-24-14-18-12-17(9-10-19(18)23-3)20(22)21-13-16-7-5-15(2)6-8-16/h5-10,12H,4,11,13-14H2,1-3H3,(H,21,22). The van der Waals surface area contributed by atoms with E-state index in [4.69, 9.17) is 9.47 Å². The third-order valence-electron chi connectivity index (χ3n) is 3.72. The van der Waals surface area contributed by atoms with E-state index in [1.165, 1.54) is 5.56 Å². The molecule has 0 aliphatic carbocycles. The van der Waals surface area contributed by atoms with Gasteiger partial charge in [0.05, 0.1) is 13.7 Å². The zero-order chi connectivity index (χ0) is 17.4. The van der Waals surface area contributed by atoms with Gasteiger partial charge in [0.1, 0.15) is 5.75 Å². The van der Waals surface area contributed by atoms with Crippen molar-refractivity contribution < 1.29 is 14.3 Å². The molecule has 0 radical (unpaired) electrons. The number of ether oxygens (including phenoxy) is 2. The van der Waals surface area contributed by atoms with Crippen molar-refractivity contribution >= 4 is 5.91 Å². The normalized spacial score (nSPS) is 10.5. The second-order valence-electron chi connectivity index (χ2n) is 5.75. The van der Waals surface area contributed by atoms with Crippen LogP contribution < -0.4 is 10.1 Å². The summed E-state index contributed by atoms with van der Waals surface area (Å²) in [5, 5.41) is 2.95. The molecule has 0 spiro atoms. The zero-order valence-electron chi connectivity index (χ0n) is 14.6. The highest BCUT2D eigenvalue weighted by molar-refractivity contribution is 5.94. The molecule has 1 amide bonds. The molecule has 2 aromatic carbocycles. The third kappa shape index (κ3) is 5.10. The van der Waals surface area contributed by atoms with Crippen LogP contribution in [0.25, 0.3) is 0 Å². The van der Waals surface area contributed by atoms with Gasteiger partial charge in [0.2, 0.25) is 0 Å². The topological polar surface area (TPSA) is 47.6 Å². The van der Waals surface area contributed by atoms with Crippen LogP contribution in [-0.2, 0) is 17.9 Å². The van der Waals surface area contributed by atoms with Crippen LogP contribution >= 0.6 is 0 Å². The van der Waals surface area contributed by atoms with E-state index in [0.29, 0.717) is 25.3 Å². The predicted octanol–water partition coefficient (Wildman–Crippen LogP) is 3.86. The summed E-state index contributed by atoms with van der Waals surface area (Å²) in [6.07, 6.45) is 0.957. The SMILES string of the molecule is CCCOCc1cc(C(=O)NCc2ccc(C)cc2)ccc1OC. The maximum Gasteiger partial charge on any atom is 0.251 e. The monoisotopic (exact) mass is 327 g/mol. The first kappa shape index (κ1) is 18.0. The van der Waals surface area contributed by atoms with E-state index in [-0.39, 0.29) is 5.91 Å². The fourth-order valence-corrected chi connectivity index (χ4v) is 2.35. The van der Waals surface area contributed by atoms with Gasteiger partial charge >= 0.3 is 0 Å². The summed E-state index contributed by atoms with van der Waals surface area (Å²) in [4.78, 5) is 12.4. The quantitative estimate of drug-likeness (QED) is 0.749. The van der Waals surface area contributed by atoms with Gasteiger partial charge in [-0.3, -0.25) is 4.79 Å². The zero-order valence-corrected chi connectivity index (χ0v) is 14.6. The van der Waals surface area contributed by atoms with Gasteiger partial charge in [0.25, 0.3) is 5.91 Å². The Hall–Kier alpha value is -2.33. The van der Waals surface area contributed by atoms with Crippen LogP contribution in [0.2, 0.25) is 0 Å². The van der Waals surface area contributed by atoms with E-state index in [1.807, 2.05) is 43.3 Å². The number of hydrogen-bond acceptors (Lipinski definition) is 3. The lowest BCUT2D eigenvalue weighted by Crippen LogP contribution is -2.23. The Kier molecular flexibility index (Phi) is 6.82. The molecule has 2 rings (SSSR count). The van der Waals surface area contributed by atoms with Crippen molar-refractivity contribution in [3.63, 3.8) is 0 Å². The minimum Gasteiger partial charge on any atom is -0.496 e. The molecule has 4 heteroatoms. The fourth-order valence-electron chi connectivity index (χ4n) is 2.35. The highest BCUT2D eigenvalue weighted by Crippen LogP contribution is 2.21. The lowest BCUT2D eigenvalue weighted by Gasteiger charge is -2.11. The van der Waals surface area contributed by atoms with Gasteiger partial charge in [-0.1, -0.05) is 36.8 Å². The lowest BCUT2D eigenvalue weighted by molar-refractivity contribution is 0.0950. The number of aryl methyl sites for hydroxylation is 1. The molecule has 0 aliphatic rings. The molecule has 0 aromatic heterocycles. The molecule has 1 N–H and O–H groups in total. The summed E-state index contributed by atoms with van der Waals surface area (Å²) in [5.41, 5.74) is 3.78. The second kappa shape index (κ2) is 9.08. The van der Waals surface area contributed by atoms with Gasteiger partial charge in [-0.2, -0.15) is 0 Å². The Labute approximate surface area is 143 Å². The molecule has 24 heavy (non-hydrogen) atoms. The first-order valence-corrected chi connectivity index (χ1v) is 8.22. The van der Waals surface area contributed by atoms with E-state index in [1.54, 1.807) is 13.2 Å². The molecule has 4 nitrogen and oxygen atoms in total. The summed E-state index contributed by atoms with van der Waals surface area (Å²) in [5.74, 6) is 0.635. The molecule has 0 atom stereocenters. The number of methoxy groups -OCH3 is 1. The van der Waals surface area contributed by atoms with Crippen LogP contribution in [0.15, 0.2) is 42.5 Å². The average Bonchev–Trinajstić information content (AvgIpc) is 2.61. The van der Waals surface area contributed by atoms with E-state index in [9.17, 15) is 4.79 Å². The summed E-state index contributed by atoms with van der Waals surface area (Å²) >= 11 is 0. The fraction of sp³-hybridized carbons (Fsp3) is 0.350. The van der Waals surface area contributed by atoms with Crippen molar-refractivity contribution in [3.8, 4) is 5.75 Å². The van der Waals surface area contributed by atoms with Crippen molar-refractivity contribution in [3.05, 3.63) is 64.7 Å². The van der Waals surface area contributed by atoms with Crippen molar-refractivity contribution in [1.29, 1.82) is 0 Å². The van der Waals surface area contributed by atoms with Gasteiger partial charge in [0, 0.05) is 24.3 Å². The molecule has 2 aromatic rings. The first-order chi connectivity index (χ1) is 11.6. The van der Waals surface area contributed by atoms with Crippen LogP contribution in [0.1, 0.15) is 40.4 Å². The molecule has 0 saturated carbocycles. The summed E-state index contributed by atoms with van der Waals surface area (Å²) in [6, 6.07) is 13.5. The predicted molar refractivity (Wildman–Crippen MR) is 95.3 cm³/mol. The van der Waals surface area contributed by atoms with Gasteiger partial charge in [-0.25, -0.2) is 0 Å². The van der Waals surface area contributed by atoms with E-state index in [2.05, 4.69) is 12.2 Å². The average molecular weight is 327 g/mol. The maximum atomic E-state index is 12.4. The van der Waals surface area contributed by atoms with Crippen molar-refractivity contribution in [2.24, 2.45) is 0 Å². The van der Waals surface area contributed by atoms with Crippen LogP contribution in [0.4, 0.5) is 0 Å². The van der Waals surface area contributed by atoms with Crippen LogP contribution in [0.3, 0.4) is 0 Å². The van der Waals surface area contributed by atoms with E-state index in [0.717, 1.165) is 23.3 Å². The Balaban J connectivity index is 2.02. The maximum absolute atomic E-state index is 12.4. The van der Waals surface area contributed by atoms with Crippen LogP contribution in [0, 0.1) is 6.92 Å². The summed E-state index contributed by atoms with van der Waals surface area (Å²) in [6.45, 7) is 5.74. The number of carbonyl (C=O) groups is 1. The number of benzene rings is 2. The van der Waals surface area contributed by atoms with E-state index < -0.39 is 0 Å². The van der Waals surface area contributed by atoms with Gasteiger partial charge < -0.3 is 14.8 Å². The highest BCUT2D eigenvalue weighted by Gasteiger charge is 2.10. The van der Waals surface area contributed by atoms with Crippen molar-refractivity contribution in [2.45, 2.75) is 33.4 Å². The lowest BCUT2D eigenvalue weighted by atomic mass is 10.1. The molecule has 0 bridgehead atoms. The molecule has 0 heterocycles.